The van der Waals surface area contributed by atoms with E-state index in [9.17, 15) is 0 Å². The molecule has 0 aliphatic heterocycles. The van der Waals surface area contributed by atoms with Gasteiger partial charge in [0.25, 0.3) is 0 Å². The molecule has 0 N–H and O–H groups in total. The molecule has 0 radical (unpaired) electrons. The van der Waals surface area contributed by atoms with E-state index in [2.05, 4.69) is 40.8 Å². The third-order valence-electron chi connectivity index (χ3n) is 2.37. The van der Waals surface area contributed by atoms with E-state index in [0.29, 0.717) is 9.52 Å². The van der Waals surface area contributed by atoms with Crippen molar-refractivity contribution in [2.45, 2.75) is 47.2 Å². The highest BCUT2D eigenvalue weighted by Gasteiger charge is 2.10. The third kappa shape index (κ3) is 2.98. The number of hydrogen-bond donors (Lipinski definition) is 0. The van der Waals surface area contributed by atoms with Crippen LogP contribution < -0.4 is 0 Å². The average Bonchev–Trinajstić information content (AvgIpc) is 2.20. The van der Waals surface area contributed by atoms with Gasteiger partial charge in [0.1, 0.15) is 0 Å². The number of rotatable bonds is 0. The highest BCUT2D eigenvalue weighted by Crippen LogP contribution is 2.30. The smallest absolute Gasteiger partial charge is 0.0135 e. The normalized spacial score (nSPS) is 16.5. The molecule has 0 atom stereocenters. The molecular formula is C11H22Si. The summed E-state index contributed by atoms with van der Waals surface area (Å²) in [6.07, 6.45) is 1.21. The Kier molecular flexibility index (Phi) is 5.23. The summed E-state index contributed by atoms with van der Waals surface area (Å²) in [5.41, 5.74) is 6.11. The lowest BCUT2D eigenvalue weighted by atomic mass is 10.1. The van der Waals surface area contributed by atoms with Crippen molar-refractivity contribution in [2.75, 3.05) is 0 Å². The van der Waals surface area contributed by atoms with Gasteiger partial charge >= 0.3 is 0 Å². The van der Waals surface area contributed by atoms with Crippen LogP contribution in [0.4, 0.5) is 0 Å². The molecule has 1 aliphatic rings. The van der Waals surface area contributed by atoms with Crippen LogP contribution in [0.5, 0.6) is 0 Å². The van der Waals surface area contributed by atoms with Crippen molar-refractivity contribution in [1.29, 1.82) is 0 Å². The highest BCUT2D eigenvalue weighted by atomic mass is 28.2. The zero-order valence-corrected chi connectivity index (χ0v) is 10.8. The highest BCUT2D eigenvalue weighted by molar-refractivity contribution is 6.31. The summed E-state index contributed by atoms with van der Waals surface area (Å²) in [5, 5.41) is 0. The largest absolute Gasteiger partial charge is 0.0750 e. The lowest BCUT2D eigenvalue weighted by Gasteiger charge is -1.94. The van der Waals surface area contributed by atoms with Gasteiger partial charge in [-0.1, -0.05) is 24.2 Å². The van der Waals surface area contributed by atoms with Gasteiger partial charge in [0.15, 0.2) is 0 Å². The van der Waals surface area contributed by atoms with Gasteiger partial charge in [0.2, 0.25) is 0 Å². The summed E-state index contributed by atoms with van der Waals surface area (Å²) in [5.74, 6) is 0. The molecule has 1 aliphatic carbocycles. The van der Waals surface area contributed by atoms with Gasteiger partial charge in [0, 0.05) is 9.52 Å². The zero-order chi connectivity index (χ0) is 9.72. The summed E-state index contributed by atoms with van der Waals surface area (Å²) in [6, 6.07) is 0. The van der Waals surface area contributed by atoms with Crippen molar-refractivity contribution < 1.29 is 0 Å². The van der Waals surface area contributed by atoms with Crippen LogP contribution in [0.25, 0.3) is 0 Å². The van der Waals surface area contributed by atoms with Crippen molar-refractivity contribution in [1.82, 2.24) is 0 Å². The summed E-state index contributed by atoms with van der Waals surface area (Å²) < 4.78 is 0. The molecule has 0 fully saturated rings. The molecule has 1 heteroatoms. The third-order valence-corrected chi connectivity index (χ3v) is 2.37. The second kappa shape index (κ2) is 5.36. The summed E-state index contributed by atoms with van der Waals surface area (Å²) in [7, 11) is 0.417. The van der Waals surface area contributed by atoms with Crippen molar-refractivity contribution >= 4 is 9.52 Å². The molecule has 0 saturated heterocycles. The van der Waals surface area contributed by atoms with Crippen LogP contribution in [-0.2, 0) is 0 Å². The van der Waals surface area contributed by atoms with E-state index in [1.54, 1.807) is 11.1 Å². The minimum atomic E-state index is 0.417. The van der Waals surface area contributed by atoms with Crippen molar-refractivity contribution in [3.63, 3.8) is 0 Å². The Morgan fingerprint density at radius 1 is 0.833 bits per heavy atom. The van der Waals surface area contributed by atoms with Gasteiger partial charge in [0.05, 0.1) is 0 Å². The standard InChI is InChI=1S/C9H14.C2H8Si/c1-6-5-7(2)9(4)8(6)3;1-3-2/h5H2,1-4H3;3H2,1-2H3. The quantitative estimate of drug-likeness (QED) is 0.504. The van der Waals surface area contributed by atoms with E-state index in [1.807, 2.05) is 0 Å². The second-order valence-corrected chi connectivity index (χ2v) is 5.11. The molecule has 0 unspecified atom stereocenters. The molecule has 0 aromatic heterocycles. The number of hydrogen-bond acceptors (Lipinski definition) is 0. The predicted molar refractivity (Wildman–Crippen MR) is 61.6 cm³/mol. The molecule has 0 nitrogen and oxygen atoms in total. The molecule has 0 amide bonds. The second-order valence-electron chi connectivity index (χ2n) is 3.69. The Bertz CT molecular complexity index is 187. The van der Waals surface area contributed by atoms with Crippen molar-refractivity contribution in [3.8, 4) is 0 Å². The fourth-order valence-electron chi connectivity index (χ4n) is 1.30. The fourth-order valence-corrected chi connectivity index (χ4v) is 1.30. The van der Waals surface area contributed by atoms with Crippen molar-refractivity contribution in [3.05, 3.63) is 22.3 Å². The van der Waals surface area contributed by atoms with Crippen LogP contribution in [0.3, 0.4) is 0 Å². The van der Waals surface area contributed by atoms with Crippen LogP contribution in [0, 0.1) is 0 Å². The van der Waals surface area contributed by atoms with E-state index in [0.717, 1.165) is 0 Å². The molecule has 0 aromatic rings. The zero-order valence-electron chi connectivity index (χ0n) is 9.41. The molecule has 70 valence electrons. The molecule has 12 heavy (non-hydrogen) atoms. The van der Waals surface area contributed by atoms with Crippen LogP contribution in [0.15, 0.2) is 22.3 Å². The Labute approximate surface area is 79.6 Å². The minimum absolute atomic E-state index is 0.417. The van der Waals surface area contributed by atoms with Gasteiger partial charge < -0.3 is 0 Å². The summed E-state index contributed by atoms with van der Waals surface area (Å²) in [4.78, 5) is 0. The van der Waals surface area contributed by atoms with Gasteiger partial charge in [-0.15, -0.1) is 0 Å². The maximum absolute atomic E-state index is 2.26. The average molecular weight is 182 g/mol. The topological polar surface area (TPSA) is 0 Å². The lowest BCUT2D eigenvalue weighted by Crippen LogP contribution is -1.74. The molecular weight excluding hydrogens is 160 g/mol. The van der Waals surface area contributed by atoms with Crippen LogP contribution >= 0.6 is 0 Å². The van der Waals surface area contributed by atoms with Gasteiger partial charge in [-0.05, 0) is 45.3 Å². The van der Waals surface area contributed by atoms with E-state index in [1.165, 1.54) is 17.6 Å². The molecule has 0 saturated carbocycles. The summed E-state index contributed by atoms with van der Waals surface area (Å²) in [6.45, 7) is 13.4. The fraction of sp³-hybridized carbons (Fsp3) is 0.636. The van der Waals surface area contributed by atoms with E-state index in [-0.39, 0.29) is 0 Å². The minimum Gasteiger partial charge on any atom is -0.0750 e. The molecule has 0 aromatic carbocycles. The molecule has 1 rings (SSSR count). The first-order chi connectivity index (χ1) is 5.54. The van der Waals surface area contributed by atoms with Crippen LogP contribution in [0.2, 0.25) is 13.1 Å². The first kappa shape index (κ1) is 11.7. The number of allylic oxidation sites excluding steroid dienone is 4. The first-order valence-corrected chi connectivity index (χ1v) is 7.70. The Morgan fingerprint density at radius 2 is 1.08 bits per heavy atom. The van der Waals surface area contributed by atoms with Gasteiger partial charge in [-0.3, -0.25) is 0 Å². The molecule has 0 bridgehead atoms. The predicted octanol–water partition coefficient (Wildman–Crippen LogP) is 3.31. The van der Waals surface area contributed by atoms with E-state index >= 15 is 0 Å². The SMILES string of the molecule is CC1=C(C)C(C)=C(C)C1.C[SiH2]C. The van der Waals surface area contributed by atoms with E-state index in [4.69, 9.17) is 0 Å². The van der Waals surface area contributed by atoms with Crippen molar-refractivity contribution in [2.24, 2.45) is 0 Å². The van der Waals surface area contributed by atoms with E-state index < -0.39 is 0 Å². The monoisotopic (exact) mass is 182 g/mol. The van der Waals surface area contributed by atoms with Gasteiger partial charge in [-0.25, -0.2) is 0 Å². The Morgan fingerprint density at radius 3 is 1.17 bits per heavy atom. The van der Waals surface area contributed by atoms with Crippen LogP contribution in [-0.4, -0.2) is 9.52 Å². The maximum atomic E-state index is 2.26. The molecule has 0 spiro atoms. The summed E-state index contributed by atoms with van der Waals surface area (Å²) >= 11 is 0. The molecule has 0 heterocycles. The lowest BCUT2D eigenvalue weighted by molar-refractivity contribution is 1.13. The van der Waals surface area contributed by atoms with Crippen LogP contribution in [0.1, 0.15) is 34.1 Å². The van der Waals surface area contributed by atoms with Gasteiger partial charge in [-0.2, -0.15) is 0 Å². The first-order valence-electron chi connectivity index (χ1n) is 4.87. The Hall–Kier alpha value is -0.303. The Balaban J connectivity index is 0.000000354. The maximum Gasteiger partial charge on any atom is 0.0135 e.